The Labute approximate surface area is 162 Å². The third-order valence-corrected chi connectivity index (χ3v) is 6.25. The maximum Gasteiger partial charge on any atom is 0.264 e. The molecule has 0 aliphatic carbocycles. The van der Waals surface area contributed by atoms with Crippen LogP contribution >= 0.6 is 15.9 Å². The molecule has 0 N–H and O–H groups in total. The molecule has 0 spiro atoms. The highest BCUT2D eigenvalue weighted by atomic mass is 79.9. The molecule has 0 aliphatic heterocycles. The molecule has 0 saturated heterocycles. The Morgan fingerprint density at radius 2 is 1.50 bits per heavy atom. The SMILES string of the molecule is COc1ccc(S(=O)(=O)N(Cc2ccc(Br)cc2)c2ccccc2)cc1. The zero-order chi connectivity index (χ0) is 18.6. The Hall–Kier alpha value is -2.31. The molecule has 0 saturated carbocycles. The second-order valence-corrected chi connectivity index (χ2v) is 8.43. The van der Waals surface area contributed by atoms with E-state index in [1.54, 1.807) is 43.5 Å². The van der Waals surface area contributed by atoms with Crippen molar-refractivity contribution in [3.05, 3.63) is 88.9 Å². The van der Waals surface area contributed by atoms with Crippen molar-refractivity contribution in [2.45, 2.75) is 11.4 Å². The van der Waals surface area contributed by atoms with Gasteiger partial charge in [0, 0.05) is 4.47 Å². The lowest BCUT2D eigenvalue weighted by Crippen LogP contribution is -2.30. The van der Waals surface area contributed by atoms with Crippen LogP contribution in [0.4, 0.5) is 5.69 Å². The van der Waals surface area contributed by atoms with E-state index in [4.69, 9.17) is 4.74 Å². The molecule has 3 aromatic rings. The van der Waals surface area contributed by atoms with E-state index in [0.717, 1.165) is 10.0 Å². The van der Waals surface area contributed by atoms with Crippen molar-refractivity contribution in [2.75, 3.05) is 11.4 Å². The van der Waals surface area contributed by atoms with Gasteiger partial charge in [0.15, 0.2) is 0 Å². The summed E-state index contributed by atoms with van der Waals surface area (Å²) in [6, 6.07) is 23.1. The largest absolute Gasteiger partial charge is 0.497 e. The summed E-state index contributed by atoms with van der Waals surface area (Å²) < 4.78 is 34.0. The molecular weight excluding hydrogens is 414 g/mol. The molecule has 0 amide bonds. The van der Waals surface area contributed by atoms with Gasteiger partial charge in [-0.1, -0.05) is 46.3 Å². The number of rotatable bonds is 6. The first-order chi connectivity index (χ1) is 12.5. The molecular formula is C20H18BrNO3S. The van der Waals surface area contributed by atoms with E-state index >= 15 is 0 Å². The summed E-state index contributed by atoms with van der Waals surface area (Å²) >= 11 is 3.40. The minimum Gasteiger partial charge on any atom is -0.497 e. The number of nitrogens with zero attached hydrogens (tertiary/aromatic N) is 1. The Morgan fingerprint density at radius 3 is 2.08 bits per heavy atom. The normalized spacial score (nSPS) is 11.2. The van der Waals surface area contributed by atoms with E-state index in [1.165, 1.54) is 4.31 Å². The highest BCUT2D eigenvalue weighted by Gasteiger charge is 2.25. The number of benzene rings is 3. The molecule has 6 heteroatoms. The number of hydrogen-bond donors (Lipinski definition) is 0. The van der Waals surface area contributed by atoms with Crippen LogP contribution < -0.4 is 9.04 Å². The Kier molecular flexibility index (Phi) is 5.64. The number of para-hydroxylation sites is 1. The maximum atomic E-state index is 13.3. The average Bonchev–Trinajstić information content (AvgIpc) is 2.68. The summed E-state index contributed by atoms with van der Waals surface area (Å²) in [5.41, 5.74) is 1.51. The van der Waals surface area contributed by atoms with Gasteiger partial charge in [-0.3, -0.25) is 4.31 Å². The molecule has 134 valence electrons. The molecule has 4 nitrogen and oxygen atoms in total. The van der Waals surface area contributed by atoms with Crippen molar-refractivity contribution in [3.63, 3.8) is 0 Å². The number of sulfonamides is 1. The molecule has 0 bridgehead atoms. The van der Waals surface area contributed by atoms with E-state index in [-0.39, 0.29) is 11.4 Å². The van der Waals surface area contributed by atoms with Crippen molar-refractivity contribution >= 4 is 31.6 Å². The van der Waals surface area contributed by atoms with Gasteiger partial charge in [-0.25, -0.2) is 8.42 Å². The van der Waals surface area contributed by atoms with Crippen molar-refractivity contribution in [1.82, 2.24) is 0 Å². The Balaban J connectivity index is 2.02. The Bertz CT molecular complexity index is 956. The lowest BCUT2D eigenvalue weighted by Gasteiger charge is -2.25. The van der Waals surface area contributed by atoms with Gasteiger partial charge in [-0.15, -0.1) is 0 Å². The van der Waals surface area contributed by atoms with Crippen LogP contribution in [-0.4, -0.2) is 15.5 Å². The summed E-state index contributed by atoms with van der Waals surface area (Å²) in [5, 5.41) is 0. The fourth-order valence-corrected chi connectivity index (χ4v) is 4.26. The maximum absolute atomic E-state index is 13.3. The number of halogens is 1. The number of ether oxygens (including phenoxy) is 1. The summed E-state index contributed by atoms with van der Waals surface area (Å²) in [7, 11) is -2.17. The van der Waals surface area contributed by atoms with Crippen molar-refractivity contribution < 1.29 is 13.2 Å². The molecule has 3 rings (SSSR count). The molecule has 0 unspecified atom stereocenters. The van der Waals surface area contributed by atoms with Crippen molar-refractivity contribution in [3.8, 4) is 5.75 Å². The smallest absolute Gasteiger partial charge is 0.264 e. The molecule has 0 atom stereocenters. The van der Waals surface area contributed by atoms with E-state index in [0.29, 0.717) is 11.4 Å². The van der Waals surface area contributed by atoms with Crippen LogP contribution in [0.15, 0.2) is 88.2 Å². The zero-order valence-corrected chi connectivity index (χ0v) is 16.6. The van der Waals surface area contributed by atoms with Crippen molar-refractivity contribution in [2.24, 2.45) is 0 Å². The molecule has 0 heterocycles. The summed E-state index contributed by atoms with van der Waals surface area (Å²) in [6.45, 7) is 0.242. The minimum absolute atomic E-state index is 0.222. The van der Waals surface area contributed by atoms with Gasteiger partial charge in [0.25, 0.3) is 10.0 Å². The van der Waals surface area contributed by atoms with Gasteiger partial charge < -0.3 is 4.74 Å². The lowest BCUT2D eigenvalue weighted by molar-refractivity contribution is 0.414. The topological polar surface area (TPSA) is 46.6 Å². The van der Waals surface area contributed by atoms with Crippen molar-refractivity contribution in [1.29, 1.82) is 0 Å². The van der Waals surface area contributed by atoms with E-state index in [1.807, 2.05) is 42.5 Å². The third-order valence-electron chi connectivity index (χ3n) is 3.93. The molecule has 26 heavy (non-hydrogen) atoms. The van der Waals surface area contributed by atoms with E-state index in [2.05, 4.69) is 15.9 Å². The molecule has 0 aliphatic rings. The van der Waals surface area contributed by atoms with Gasteiger partial charge in [-0.2, -0.15) is 0 Å². The standard InChI is InChI=1S/C20H18BrNO3S/c1-25-19-11-13-20(14-12-19)26(23,24)22(18-5-3-2-4-6-18)15-16-7-9-17(21)10-8-16/h2-14H,15H2,1H3. The van der Waals surface area contributed by atoms with Gasteiger partial charge in [-0.05, 0) is 54.1 Å². The Morgan fingerprint density at radius 1 is 0.885 bits per heavy atom. The van der Waals surface area contributed by atoms with E-state index < -0.39 is 10.0 Å². The molecule has 0 aromatic heterocycles. The summed E-state index contributed by atoms with van der Waals surface area (Å²) in [6.07, 6.45) is 0. The van der Waals surface area contributed by atoms with Gasteiger partial charge >= 0.3 is 0 Å². The van der Waals surface area contributed by atoms with Gasteiger partial charge in [0.05, 0.1) is 24.2 Å². The number of methoxy groups -OCH3 is 1. The van der Waals surface area contributed by atoms with Gasteiger partial charge in [0.2, 0.25) is 0 Å². The second kappa shape index (κ2) is 7.93. The first kappa shape index (κ1) is 18.5. The van der Waals surface area contributed by atoms with Crippen LogP contribution in [0.3, 0.4) is 0 Å². The fraction of sp³-hybridized carbons (Fsp3) is 0.100. The highest BCUT2D eigenvalue weighted by Crippen LogP contribution is 2.27. The highest BCUT2D eigenvalue weighted by molar-refractivity contribution is 9.10. The zero-order valence-electron chi connectivity index (χ0n) is 14.2. The molecule has 0 fully saturated rings. The fourth-order valence-electron chi connectivity index (χ4n) is 2.54. The van der Waals surface area contributed by atoms with Crippen LogP contribution in [0, 0.1) is 0 Å². The quantitative estimate of drug-likeness (QED) is 0.559. The first-order valence-corrected chi connectivity index (χ1v) is 10.2. The summed E-state index contributed by atoms with van der Waals surface area (Å²) in [5.74, 6) is 0.614. The van der Waals surface area contributed by atoms with Crippen LogP contribution in [0.2, 0.25) is 0 Å². The van der Waals surface area contributed by atoms with Crippen LogP contribution in [-0.2, 0) is 16.6 Å². The molecule has 3 aromatic carbocycles. The number of hydrogen-bond acceptors (Lipinski definition) is 3. The average molecular weight is 432 g/mol. The summed E-state index contributed by atoms with van der Waals surface area (Å²) in [4.78, 5) is 0.222. The van der Waals surface area contributed by atoms with E-state index in [9.17, 15) is 8.42 Å². The first-order valence-electron chi connectivity index (χ1n) is 7.97. The minimum atomic E-state index is -3.72. The predicted octanol–water partition coefficient (Wildman–Crippen LogP) is 4.85. The van der Waals surface area contributed by atoms with Gasteiger partial charge in [0.1, 0.15) is 5.75 Å². The lowest BCUT2D eigenvalue weighted by atomic mass is 10.2. The predicted molar refractivity (Wildman–Crippen MR) is 107 cm³/mol. The third kappa shape index (κ3) is 4.08. The van der Waals surface area contributed by atoms with Crippen LogP contribution in [0.25, 0.3) is 0 Å². The molecule has 0 radical (unpaired) electrons. The second-order valence-electron chi connectivity index (χ2n) is 5.65. The number of anilines is 1. The van der Waals surface area contributed by atoms with Crippen LogP contribution in [0.1, 0.15) is 5.56 Å². The monoisotopic (exact) mass is 431 g/mol. The van der Waals surface area contributed by atoms with Crippen LogP contribution in [0.5, 0.6) is 5.75 Å².